The molecule has 0 aliphatic heterocycles. The molecule has 0 spiro atoms. The van der Waals surface area contributed by atoms with Crippen LogP contribution in [0, 0.1) is 6.92 Å². The zero-order chi connectivity index (χ0) is 23.2. The molecule has 2 amide bonds. The Kier molecular flexibility index (Phi) is 8.64. The Morgan fingerprint density at radius 1 is 1.13 bits per heavy atom. The maximum absolute atomic E-state index is 13.3. The minimum Gasteiger partial charge on any atom is -0.355 e. The van der Waals surface area contributed by atoms with E-state index in [9.17, 15) is 18.0 Å². The lowest BCUT2D eigenvalue weighted by molar-refractivity contribution is -0.139. The fraction of sp³-hybridized carbons (Fsp3) is 0.364. The van der Waals surface area contributed by atoms with Crippen LogP contribution in [0.25, 0.3) is 0 Å². The number of carbonyl (C=O) groups is 2. The average molecular weight is 510 g/mol. The first kappa shape index (κ1) is 24.9. The fourth-order valence-electron chi connectivity index (χ4n) is 3.06. The largest absolute Gasteiger partial charge is 0.355 e. The van der Waals surface area contributed by atoms with E-state index in [1.807, 2.05) is 31.2 Å². The second kappa shape index (κ2) is 10.8. The number of amides is 2. The first-order valence-electron chi connectivity index (χ1n) is 9.89. The summed E-state index contributed by atoms with van der Waals surface area (Å²) in [6.45, 7) is 5.53. The van der Waals surface area contributed by atoms with Gasteiger partial charge >= 0.3 is 0 Å². The Labute approximate surface area is 192 Å². The molecule has 0 aliphatic carbocycles. The molecular formula is C22H28BrN3O4S. The maximum Gasteiger partial charge on any atom is 0.244 e. The highest BCUT2D eigenvalue weighted by atomic mass is 79.9. The van der Waals surface area contributed by atoms with Crippen LogP contribution in [0.4, 0.5) is 5.69 Å². The van der Waals surface area contributed by atoms with Crippen LogP contribution in [-0.2, 0) is 26.2 Å². The second-order valence-electron chi connectivity index (χ2n) is 7.33. The number of benzene rings is 2. The first-order valence-corrected chi connectivity index (χ1v) is 12.5. The third-order valence-corrected chi connectivity index (χ3v) is 6.40. The summed E-state index contributed by atoms with van der Waals surface area (Å²) in [5, 5.41) is 2.73. The highest BCUT2D eigenvalue weighted by Crippen LogP contribution is 2.20. The monoisotopic (exact) mass is 509 g/mol. The third-order valence-electron chi connectivity index (χ3n) is 4.76. The normalized spacial score (nSPS) is 12.2. The number of rotatable bonds is 9. The summed E-state index contributed by atoms with van der Waals surface area (Å²) in [6.07, 6.45) is 1.06. The lowest BCUT2D eigenvalue weighted by Gasteiger charge is -2.31. The summed E-state index contributed by atoms with van der Waals surface area (Å²) < 4.78 is 26.8. The highest BCUT2D eigenvalue weighted by molar-refractivity contribution is 9.10. The molecule has 0 radical (unpaired) electrons. The Morgan fingerprint density at radius 3 is 2.32 bits per heavy atom. The molecule has 7 nitrogen and oxygen atoms in total. The van der Waals surface area contributed by atoms with Crippen LogP contribution in [0.2, 0.25) is 0 Å². The summed E-state index contributed by atoms with van der Waals surface area (Å²) in [5.74, 6) is -0.767. The van der Waals surface area contributed by atoms with Crippen molar-refractivity contribution >= 4 is 43.5 Å². The van der Waals surface area contributed by atoms with Gasteiger partial charge in [0.15, 0.2) is 0 Å². The number of aryl methyl sites for hydroxylation is 1. The van der Waals surface area contributed by atoms with E-state index < -0.39 is 28.5 Å². The molecule has 2 aromatic rings. The van der Waals surface area contributed by atoms with Crippen molar-refractivity contribution in [3.63, 3.8) is 0 Å². The lowest BCUT2D eigenvalue weighted by atomic mass is 10.1. The zero-order valence-electron chi connectivity index (χ0n) is 18.1. The molecule has 0 unspecified atom stereocenters. The number of hydrogen-bond donors (Lipinski definition) is 1. The molecule has 168 valence electrons. The second-order valence-corrected chi connectivity index (χ2v) is 10.1. The quantitative estimate of drug-likeness (QED) is 0.562. The minimum absolute atomic E-state index is 0.169. The zero-order valence-corrected chi connectivity index (χ0v) is 20.5. The molecule has 0 saturated carbocycles. The van der Waals surface area contributed by atoms with Crippen molar-refractivity contribution in [1.29, 1.82) is 0 Å². The van der Waals surface area contributed by atoms with Crippen molar-refractivity contribution in [2.45, 2.75) is 33.4 Å². The molecule has 9 heteroatoms. The van der Waals surface area contributed by atoms with Gasteiger partial charge in [0.25, 0.3) is 0 Å². The van der Waals surface area contributed by atoms with E-state index in [0.717, 1.165) is 26.2 Å². The predicted octanol–water partition coefficient (Wildman–Crippen LogP) is 3.08. The number of likely N-dealkylation sites (N-methyl/N-ethyl adjacent to an activating group) is 1. The Morgan fingerprint density at radius 2 is 1.77 bits per heavy atom. The molecule has 2 rings (SSSR count). The van der Waals surface area contributed by atoms with Crippen LogP contribution < -0.4 is 9.62 Å². The van der Waals surface area contributed by atoms with Crippen molar-refractivity contribution in [3.05, 3.63) is 64.1 Å². The lowest BCUT2D eigenvalue weighted by Crippen LogP contribution is -2.51. The molecule has 1 atom stereocenters. The molecular weight excluding hydrogens is 482 g/mol. The molecule has 0 aromatic heterocycles. The topological polar surface area (TPSA) is 86.8 Å². The molecule has 1 N–H and O–H groups in total. The Bertz CT molecular complexity index is 1030. The van der Waals surface area contributed by atoms with E-state index in [0.29, 0.717) is 12.2 Å². The number of anilines is 1. The molecule has 0 aliphatic rings. The van der Waals surface area contributed by atoms with Gasteiger partial charge < -0.3 is 10.2 Å². The van der Waals surface area contributed by atoms with Gasteiger partial charge in [-0.05, 0) is 50.6 Å². The molecule has 0 saturated heterocycles. The average Bonchev–Trinajstić information content (AvgIpc) is 2.70. The van der Waals surface area contributed by atoms with Crippen LogP contribution in [0.5, 0.6) is 0 Å². The van der Waals surface area contributed by atoms with E-state index in [2.05, 4.69) is 21.2 Å². The summed E-state index contributed by atoms with van der Waals surface area (Å²) in [7, 11) is -3.72. The third kappa shape index (κ3) is 7.07. The van der Waals surface area contributed by atoms with Crippen molar-refractivity contribution < 1.29 is 18.0 Å². The van der Waals surface area contributed by atoms with E-state index in [4.69, 9.17) is 0 Å². The van der Waals surface area contributed by atoms with Gasteiger partial charge in [-0.2, -0.15) is 0 Å². The number of carbonyl (C=O) groups excluding carboxylic acids is 2. The van der Waals surface area contributed by atoms with Crippen LogP contribution in [-0.4, -0.2) is 50.5 Å². The first-order chi connectivity index (χ1) is 14.5. The molecule has 0 fully saturated rings. The fourth-order valence-corrected chi connectivity index (χ4v) is 4.36. The van der Waals surface area contributed by atoms with Gasteiger partial charge in [0, 0.05) is 17.6 Å². The van der Waals surface area contributed by atoms with Gasteiger partial charge in [0.2, 0.25) is 21.8 Å². The van der Waals surface area contributed by atoms with E-state index >= 15 is 0 Å². The predicted molar refractivity (Wildman–Crippen MR) is 126 cm³/mol. The molecule has 2 aromatic carbocycles. The van der Waals surface area contributed by atoms with E-state index in [1.165, 1.54) is 4.90 Å². The summed E-state index contributed by atoms with van der Waals surface area (Å²) in [5.41, 5.74) is 2.19. The standard InChI is InChI=1S/C22H28BrN3O4S/c1-5-24-22(28)17(3)25(14-18-7-6-8-19(23)13-18)21(27)15-26(31(4,29)30)20-11-9-16(2)10-12-20/h6-13,17H,5,14-15H2,1-4H3,(H,24,28)/t17-/m0/s1. The molecule has 31 heavy (non-hydrogen) atoms. The van der Waals surface area contributed by atoms with Gasteiger partial charge in [0.05, 0.1) is 11.9 Å². The number of sulfonamides is 1. The van der Waals surface area contributed by atoms with Crippen LogP contribution in [0.3, 0.4) is 0 Å². The van der Waals surface area contributed by atoms with E-state index in [1.54, 1.807) is 38.1 Å². The van der Waals surface area contributed by atoms with Crippen LogP contribution in [0.1, 0.15) is 25.0 Å². The van der Waals surface area contributed by atoms with Crippen molar-refractivity contribution in [2.24, 2.45) is 0 Å². The SMILES string of the molecule is CCNC(=O)[C@H](C)N(Cc1cccc(Br)c1)C(=O)CN(c1ccc(C)cc1)S(C)(=O)=O. The molecule has 0 heterocycles. The van der Waals surface area contributed by atoms with Crippen LogP contribution in [0.15, 0.2) is 53.0 Å². The van der Waals surface area contributed by atoms with Crippen molar-refractivity contribution in [2.75, 3.05) is 23.7 Å². The summed E-state index contributed by atoms with van der Waals surface area (Å²) in [4.78, 5) is 27.2. The minimum atomic E-state index is -3.72. The van der Waals surface area contributed by atoms with Gasteiger partial charge in [-0.15, -0.1) is 0 Å². The maximum atomic E-state index is 13.3. The van der Waals surface area contributed by atoms with Crippen LogP contribution >= 0.6 is 15.9 Å². The highest BCUT2D eigenvalue weighted by Gasteiger charge is 2.29. The number of halogens is 1. The van der Waals surface area contributed by atoms with Gasteiger partial charge in [0.1, 0.15) is 12.6 Å². The van der Waals surface area contributed by atoms with Gasteiger partial charge in [-0.1, -0.05) is 45.8 Å². The molecule has 0 bridgehead atoms. The Balaban J connectivity index is 2.37. The number of hydrogen-bond acceptors (Lipinski definition) is 4. The van der Waals surface area contributed by atoms with Crippen molar-refractivity contribution in [1.82, 2.24) is 10.2 Å². The van der Waals surface area contributed by atoms with Gasteiger partial charge in [-0.25, -0.2) is 8.42 Å². The smallest absolute Gasteiger partial charge is 0.244 e. The summed E-state index contributed by atoms with van der Waals surface area (Å²) in [6, 6.07) is 13.5. The van der Waals surface area contributed by atoms with Crippen molar-refractivity contribution in [3.8, 4) is 0 Å². The van der Waals surface area contributed by atoms with Gasteiger partial charge in [-0.3, -0.25) is 13.9 Å². The van der Waals surface area contributed by atoms with E-state index in [-0.39, 0.29) is 12.5 Å². The summed E-state index contributed by atoms with van der Waals surface area (Å²) >= 11 is 3.41. The number of nitrogens with zero attached hydrogens (tertiary/aromatic N) is 2. The Hall–Kier alpha value is -2.39. The number of nitrogens with one attached hydrogen (secondary N) is 1.